The van der Waals surface area contributed by atoms with Gasteiger partial charge in [0.25, 0.3) is 0 Å². The summed E-state index contributed by atoms with van der Waals surface area (Å²) >= 11 is 0. The minimum atomic E-state index is 0.583. The average molecular weight is 172 g/mol. The minimum Gasteiger partial charge on any atom is -0.361 e. The number of para-hydroxylation sites is 1. The maximum Gasteiger partial charge on any atom is 0.0460 e. The molecular weight excluding hydrogens is 160 g/mol. The van der Waals surface area contributed by atoms with Crippen LogP contribution in [0.2, 0.25) is 0 Å². The summed E-state index contributed by atoms with van der Waals surface area (Å²) in [5.74, 6) is 0. The van der Waals surface area contributed by atoms with Crippen molar-refractivity contribution in [2.24, 2.45) is 5.73 Å². The monoisotopic (exact) mass is 172 g/mol. The van der Waals surface area contributed by atoms with Crippen LogP contribution in [0.5, 0.6) is 0 Å². The molecule has 0 saturated heterocycles. The van der Waals surface area contributed by atoms with Gasteiger partial charge in [-0.2, -0.15) is 0 Å². The van der Waals surface area contributed by atoms with Gasteiger partial charge in [0.05, 0.1) is 0 Å². The average Bonchev–Trinajstić information content (AvgIpc) is 2.58. The first-order valence-corrected chi connectivity index (χ1v) is 4.34. The summed E-state index contributed by atoms with van der Waals surface area (Å²) < 4.78 is 0. The van der Waals surface area contributed by atoms with Crippen molar-refractivity contribution in [2.45, 2.75) is 0 Å². The molecule has 3 N–H and O–H groups in total. The molecule has 0 amide bonds. The van der Waals surface area contributed by atoms with Gasteiger partial charge in [-0.05, 0) is 11.6 Å². The summed E-state index contributed by atoms with van der Waals surface area (Å²) in [5.41, 5.74) is 7.75. The van der Waals surface area contributed by atoms with Crippen LogP contribution >= 0.6 is 0 Å². The third-order valence-electron chi connectivity index (χ3n) is 2.05. The van der Waals surface area contributed by atoms with Gasteiger partial charge in [-0.3, -0.25) is 0 Å². The summed E-state index contributed by atoms with van der Waals surface area (Å²) in [6.07, 6.45) is 5.99. The Bertz CT molecular complexity index is 426. The molecule has 1 aromatic carbocycles. The molecular formula is C11H12N2. The molecule has 2 nitrogen and oxygen atoms in total. The lowest BCUT2D eigenvalue weighted by atomic mass is 10.1. The van der Waals surface area contributed by atoms with Gasteiger partial charge in [-0.25, -0.2) is 0 Å². The second-order valence-corrected chi connectivity index (χ2v) is 2.93. The highest BCUT2D eigenvalue weighted by Crippen LogP contribution is 2.18. The molecule has 2 heteroatoms. The highest BCUT2D eigenvalue weighted by atomic mass is 14.7. The lowest BCUT2D eigenvalue weighted by molar-refractivity contribution is 1.26. The van der Waals surface area contributed by atoms with Gasteiger partial charge in [0.15, 0.2) is 0 Å². The highest BCUT2D eigenvalue weighted by Gasteiger charge is 1.97. The lowest BCUT2D eigenvalue weighted by Crippen LogP contribution is -1.91. The lowest BCUT2D eigenvalue weighted by Gasteiger charge is -1.89. The number of aromatic nitrogens is 1. The molecule has 0 saturated carbocycles. The van der Waals surface area contributed by atoms with Gasteiger partial charge in [0.2, 0.25) is 0 Å². The van der Waals surface area contributed by atoms with Crippen LogP contribution < -0.4 is 5.73 Å². The van der Waals surface area contributed by atoms with Crippen molar-refractivity contribution in [3.05, 3.63) is 42.1 Å². The summed E-state index contributed by atoms with van der Waals surface area (Å²) in [4.78, 5) is 3.20. The van der Waals surface area contributed by atoms with Crippen molar-refractivity contribution in [3.8, 4) is 0 Å². The van der Waals surface area contributed by atoms with Gasteiger partial charge >= 0.3 is 0 Å². The van der Waals surface area contributed by atoms with E-state index in [0.717, 1.165) is 0 Å². The number of hydrogen-bond donors (Lipinski definition) is 2. The largest absolute Gasteiger partial charge is 0.361 e. The van der Waals surface area contributed by atoms with E-state index in [1.165, 1.54) is 16.5 Å². The predicted octanol–water partition coefficient (Wildman–Crippen LogP) is 2.14. The van der Waals surface area contributed by atoms with Crippen molar-refractivity contribution >= 4 is 17.0 Å². The number of fused-ring (bicyclic) bond motifs is 1. The fourth-order valence-electron chi connectivity index (χ4n) is 1.43. The van der Waals surface area contributed by atoms with Gasteiger partial charge in [-0.15, -0.1) is 0 Å². The Kier molecular flexibility index (Phi) is 2.15. The number of H-pyrrole nitrogens is 1. The molecule has 2 rings (SSSR count). The molecule has 0 aliphatic heterocycles. The molecule has 0 fully saturated rings. The predicted molar refractivity (Wildman–Crippen MR) is 56.4 cm³/mol. The molecule has 0 spiro atoms. The Morgan fingerprint density at radius 2 is 2.15 bits per heavy atom. The Morgan fingerprint density at radius 1 is 1.31 bits per heavy atom. The maximum atomic E-state index is 5.39. The van der Waals surface area contributed by atoms with Crippen LogP contribution in [-0.4, -0.2) is 11.5 Å². The number of nitrogens with two attached hydrogens (primary N) is 1. The molecule has 1 heterocycles. The third kappa shape index (κ3) is 1.48. The van der Waals surface area contributed by atoms with Crippen LogP contribution in [0.15, 0.2) is 36.5 Å². The molecule has 13 heavy (non-hydrogen) atoms. The SMILES string of the molecule is NC/C=C/c1c[nH]c2ccccc12. The van der Waals surface area contributed by atoms with E-state index in [0.29, 0.717) is 6.54 Å². The highest BCUT2D eigenvalue weighted by molar-refractivity contribution is 5.88. The van der Waals surface area contributed by atoms with Crippen LogP contribution in [-0.2, 0) is 0 Å². The third-order valence-corrected chi connectivity index (χ3v) is 2.05. The number of aromatic amines is 1. The van der Waals surface area contributed by atoms with E-state index >= 15 is 0 Å². The fourth-order valence-corrected chi connectivity index (χ4v) is 1.43. The standard InChI is InChI=1S/C11H12N2/c12-7-3-4-9-8-13-11-6-2-1-5-10(9)11/h1-6,8,13H,7,12H2/b4-3+. The molecule has 2 aromatic rings. The second-order valence-electron chi connectivity index (χ2n) is 2.93. The van der Waals surface area contributed by atoms with E-state index in [1.807, 2.05) is 30.5 Å². The van der Waals surface area contributed by atoms with Crippen LogP contribution in [0.1, 0.15) is 5.56 Å². The van der Waals surface area contributed by atoms with Crippen LogP contribution in [0.3, 0.4) is 0 Å². The van der Waals surface area contributed by atoms with Gasteiger partial charge in [0, 0.05) is 23.6 Å². The molecule has 0 aliphatic carbocycles. The molecule has 0 unspecified atom stereocenters. The first-order chi connectivity index (χ1) is 6.42. The molecule has 0 aliphatic rings. The Labute approximate surface area is 77.1 Å². The van der Waals surface area contributed by atoms with Gasteiger partial charge in [0.1, 0.15) is 0 Å². The van der Waals surface area contributed by atoms with Crippen molar-refractivity contribution in [2.75, 3.05) is 6.54 Å². The summed E-state index contributed by atoms with van der Waals surface area (Å²) in [6.45, 7) is 0.583. The number of hydrogen-bond acceptors (Lipinski definition) is 1. The fraction of sp³-hybridized carbons (Fsp3) is 0.0909. The zero-order valence-electron chi connectivity index (χ0n) is 7.33. The number of nitrogens with one attached hydrogen (secondary N) is 1. The molecule has 0 atom stereocenters. The van der Waals surface area contributed by atoms with E-state index < -0.39 is 0 Å². The normalized spacial score (nSPS) is 11.5. The first-order valence-electron chi connectivity index (χ1n) is 4.34. The summed E-state index contributed by atoms with van der Waals surface area (Å²) in [6, 6.07) is 8.22. The Hall–Kier alpha value is -1.54. The Balaban J connectivity index is 2.52. The molecule has 0 bridgehead atoms. The Morgan fingerprint density at radius 3 is 3.00 bits per heavy atom. The summed E-state index contributed by atoms with van der Waals surface area (Å²) in [5, 5.41) is 1.24. The van der Waals surface area contributed by atoms with Crippen LogP contribution in [0, 0.1) is 0 Å². The molecule has 1 aromatic heterocycles. The van der Waals surface area contributed by atoms with Crippen LogP contribution in [0.25, 0.3) is 17.0 Å². The van der Waals surface area contributed by atoms with E-state index in [2.05, 4.69) is 17.1 Å². The topological polar surface area (TPSA) is 41.8 Å². The second kappa shape index (κ2) is 3.46. The molecule has 66 valence electrons. The zero-order valence-corrected chi connectivity index (χ0v) is 7.33. The number of rotatable bonds is 2. The van der Waals surface area contributed by atoms with E-state index in [1.54, 1.807) is 0 Å². The van der Waals surface area contributed by atoms with E-state index in [4.69, 9.17) is 5.73 Å². The minimum absolute atomic E-state index is 0.583. The number of benzene rings is 1. The van der Waals surface area contributed by atoms with Crippen molar-refractivity contribution in [3.63, 3.8) is 0 Å². The van der Waals surface area contributed by atoms with Gasteiger partial charge in [-0.1, -0.05) is 30.4 Å². The zero-order chi connectivity index (χ0) is 9.10. The molecule has 0 radical (unpaired) electrons. The summed E-state index contributed by atoms with van der Waals surface area (Å²) in [7, 11) is 0. The quantitative estimate of drug-likeness (QED) is 0.716. The van der Waals surface area contributed by atoms with Crippen molar-refractivity contribution in [1.29, 1.82) is 0 Å². The van der Waals surface area contributed by atoms with E-state index in [9.17, 15) is 0 Å². The van der Waals surface area contributed by atoms with Gasteiger partial charge < -0.3 is 10.7 Å². The van der Waals surface area contributed by atoms with E-state index in [-0.39, 0.29) is 0 Å². The van der Waals surface area contributed by atoms with Crippen molar-refractivity contribution in [1.82, 2.24) is 4.98 Å². The van der Waals surface area contributed by atoms with Crippen LogP contribution in [0.4, 0.5) is 0 Å². The van der Waals surface area contributed by atoms with Crippen molar-refractivity contribution < 1.29 is 0 Å². The smallest absolute Gasteiger partial charge is 0.0460 e. The first kappa shape index (κ1) is 8.08. The maximum absolute atomic E-state index is 5.39.